The van der Waals surface area contributed by atoms with Gasteiger partial charge in [0.15, 0.2) is 0 Å². The number of imidazole rings is 1. The van der Waals surface area contributed by atoms with Gasteiger partial charge in [-0.05, 0) is 62.7 Å². The second-order valence-electron chi connectivity index (χ2n) is 8.36. The maximum atomic E-state index is 11.5. The van der Waals surface area contributed by atoms with Crippen molar-refractivity contribution in [2.75, 3.05) is 19.7 Å². The quantitative estimate of drug-likeness (QED) is 0.584. The van der Waals surface area contributed by atoms with Gasteiger partial charge < -0.3 is 14.4 Å². The predicted octanol–water partition coefficient (Wildman–Crippen LogP) is 3.95. The molecule has 8 heteroatoms. The van der Waals surface area contributed by atoms with E-state index in [0.29, 0.717) is 17.6 Å². The first-order valence-electron chi connectivity index (χ1n) is 10.8. The van der Waals surface area contributed by atoms with Gasteiger partial charge in [-0.25, -0.2) is 14.8 Å². The minimum Gasteiger partial charge on any atom is -0.478 e. The van der Waals surface area contributed by atoms with Gasteiger partial charge in [-0.2, -0.15) is 0 Å². The van der Waals surface area contributed by atoms with Crippen LogP contribution in [0.25, 0.3) is 11.0 Å². The molecule has 2 fully saturated rings. The molecule has 31 heavy (non-hydrogen) atoms. The van der Waals surface area contributed by atoms with Gasteiger partial charge in [-0.3, -0.25) is 4.90 Å². The number of aromatic nitrogens is 3. The summed E-state index contributed by atoms with van der Waals surface area (Å²) in [5, 5.41) is 9.95. The van der Waals surface area contributed by atoms with Crippen molar-refractivity contribution in [2.45, 2.75) is 44.4 Å². The zero-order valence-corrected chi connectivity index (χ0v) is 18.0. The lowest BCUT2D eigenvalue weighted by Crippen LogP contribution is -2.35. The third kappa shape index (κ3) is 4.31. The van der Waals surface area contributed by atoms with Crippen LogP contribution in [-0.2, 0) is 17.8 Å². The van der Waals surface area contributed by atoms with Crippen molar-refractivity contribution in [3.05, 3.63) is 58.6 Å². The number of fused-ring (bicyclic) bond motifs is 1. The van der Waals surface area contributed by atoms with E-state index < -0.39 is 5.97 Å². The molecule has 1 aromatic carbocycles. The Bertz CT molecular complexity index is 1100. The van der Waals surface area contributed by atoms with Gasteiger partial charge in [-0.15, -0.1) is 0 Å². The molecular formula is C23H25ClN4O3. The van der Waals surface area contributed by atoms with Crippen molar-refractivity contribution < 1.29 is 14.6 Å². The van der Waals surface area contributed by atoms with Crippen molar-refractivity contribution in [1.82, 2.24) is 19.4 Å². The lowest BCUT2D eigenvalue weighted by Gasteiger charge is -2.32. The average Bonchev–Trinajstić information content (AvgIpc) is 3.07. The van der Waals surface area contributed by atoms with Gasteiger partial charge in [0.1, 0.15) is 11.0 Å². The maximum Gasteiger partial charge on any atom is 0.335 e. The number of nitrogens with zero attached hydrogens (tertiary/aromatic N) is 4. The fourth-order valence-electron chi connectivity index (χ4n) is 4.50. The Kier molecular flexibility index (Phi) is 5.65. The number of rotatable bonds is 6. The summed E-state index contributed by atoms with van der Waals surface area (Å²) in [4.78, 5) is 23.2. The summed E-state index contributed by atoms with van der Waals surface area (Å²) in [5.41, 5.74) is 3.05. The maximum absolute atomic E-state index is 11.5. The zero-order valence-electron chi connectivity index (χ0n) is 17.2. The second kappa shape index (κ2) is 8.57. The second-order valence-corrected chi connectivity index (χ2v) is 8.75. The third-order valence-corrected chi connectivity index (χ3v) is 6.57. The number of benzene rings is 1. The van der Waals surface area contributed by atoms with Crippen LogP contribution in [0.5, 0.6) is 0 Å². The van der Waals surface area contributed by atoms with Crippen molar-refractivity contribution >= 4 is 28.6 Å². The Labute approximate surface area is 185 Å². The van der Waals surface area contributed by atoms with Gasteiger partial charge >= 0.3 is 5.97 Å². The number of carboxylic acid groups (broad SMARTS) is 1. The van der Waals surface area contributed by atoms with Crippen molar-refractivity contribution in [2.24, 2.45) is 0 Å². The molecule has 2 aliphatic heterocycles. The minimum atomic E-state index is -0.923. The SMILES string of the molecule is O=C(O)c1ccc2nc(CN3CCC(c4cccc(Cl)n4)CC3)n(C[C@@H]3CCO3)c2c1. The predicted molar refractivity (Wildman–Crippen MR) is 118 cm³/mol. The number of hydrogen-bond acceptors (Lipinski definition) is 5. The van der Waals surface area contributed by atoms with Crippen molar-refractivity contribution in [3.8, 4) is 0 Å². The van der Waals surface area contributed by atoms with Crippen molar-refractivity contribution in [3.63, 3.8) is 0 Å². The van der Waals surface area contributed by atoms with E-state index in [1.165, 1.54) is 0 Å². The summed E-state index contributed by atoms with van der Waals surface area (Å²) >= 11 is 6.07. The molecule has 5 rings (SSSR count). The number of carbonyl (C=O) groups is 1. The number of hydrogen-bond donors (Lipinski definition) is 1. The van der Waals surface area contributed by atoms with E-state index in [1.54, 1.807) is 18.2 Å². The number of pyridine rings is 1. The fraction of sp³-hybridized carbons (Fsp3) is 0.435. The number of likely N-dealkylation sites (tertiary alicyclic amines) is 1. The van der Waals surface area contributed by atoms with Gasteiger partial charge in [0.25, 0.3) is 0 Å². The molecule has 3 aromatic rings. The number of ether oxygens (including phenoxy) is 1. The highest BCUT2D eigenvalue weighted by molar-refractivity contribution is 6.29. The summed E-state index contributed by atoms with van der Waals surface area (Å²) < 4.78 is 7.80. The molecule has 2 aliphatic rings. The lowest BCUT2D eigenvalue weighted by atomic mass is 9.93. The molecule has 0 aliphatic carbocycles. The standard InChI is InChI=1S/C23H25ClN4O3/c24-21-3-1-2-18(25-21)15-6-9-27(10-7-15)14-22-26-19-5-4-16(23(29)30)12-20(19)28(22)13-17-8-11-31-17/h1-5,12,15,17H,6-11,13-14H2,(H,29,30)/t17-/m0/s1. The van der Waals surface area contributed by atoms with Crippen LogP contribution in [-0.4, -0.2) is 56.3 Å². The molecule has 1 atom stereocenters. The largest absolute Gasteiger partial charge is 0.478 e. The molecule has 2 aromatic heterocycles. The number of aromatic carboxylic acids is 1. The Morgan fingerprint density at radius 3 is 2.65 bits per heavy atom. The summed E-state index contributed by atoms with van der Waals surface area (Å²) in [6.07, 6.45) is 3.25. The van der Waals surface area contributed by atoms with Crippen LogP contribution >= 0.6 is 11.6 Å². The Morgan fingerprint density at radius 2 is 1.97 bits per heavy atom. The molecule has 7 nitrogen and oxygen atoms in total. The smallest absolute Gasteiger partial charge is 0.335 e. The molecule has 0 bridgehead atoms. The topological polar surface area (TPSA) is 80.5 Å². The molecule has 1 N–H and O–H groups in total. The van der Waals surface area contributed by atoms with Crippen LogP contribution in [0.4, 0.5) is 0 Å². The molecule has 0 unspecified atom stereocenters. The first kappa shape index (κ1) is 20.4. The molecular weight excluding hydrogens is 416 g/mol. The number of halogens is 1. The number of carboxylic acids is 1. The normalized spacial score (nSPS) is 20.1. The van der Waals surface area contributed by atoms with Crippen LogP contribution in [0, 0.1) is 0 Å². The van der Waals surface area contributed by atoms with E-state index in [2.05, 4.69) is 20.5 Å². The molecule has 0 radical (unpaired) electrons. The first-order chi connectivity index (χ1) is 15.1. The minimum absolute atomic E-state index is 0.171. The van der Waals surface area contributed by atoms with Crippen LogP contribution in [0.3, 0.4) is 0 Å². The van der Waals surface area contributed by atoms with E-state index in [1.807, 2.05) is 12.1 Å². The summed E-state index contributed by atoms with van der Waals surface area (Å²) in [6, 6.07) is 11.0. The van der Waals surface area contributed by atoms with Gasteiger partial charge in [0.2, 0.25) is 0 Å². The lowest BCUT2D eigenvalue weighted by molar-refractivity contribution is -0.0592. The van der Waals surface area contributed by atoms with Gasteiger partial charge in [-0.1, -0.05) is 17.7 Å². The highest BCUT2D eigenvalue weighted by Crippen LogP contribution is 2.29. The highest BCUT2D eigenvalue weighted by atomic mass is 35.5. The zero-order chi connectivity index (χ0) is 21.4. The van der Waals surface area contributed by atoms with Crippen LogP contribution in [0.2, 0.25) is 5.15 Å². The highest BCUT2D eigenvalue weighted by Gasteiger charge is 2.26. The van der Waals surface area contributed by atoms with E-state index >= 15 is 0 Å². The van der Waals surface area contributed by atoms with E-state index in [-0.39, 0.29) is 11.7 Å². The molecule has 0 amide bonds. The summed E-state index contributed by atoms with van der Waals surface area (Å²) in [5.74, 6) is 0.468. The van der Waals surface area contributed by atoms with E-state index in [0.717, 1.165) is 68.1 Å². The van der Waals surface area contributed by atoms with E-state index in [4.69, 9.17) is 21.3 Å². The Balaban J connectivity index is 1.35. The average molecular weight is 441 g/mol. The summed E-state index contributed by atoms with van der Waals surface area (Å²) in [7, 11) is 0. The molecule has 0 spiro atoms. The molecule has 2 saturated heterocycles. The van der Waals surface area contributed by atoms with Crippen LogP contribution < -0.4 is 0 Å². The van der Waals surface area contributed by atoms with Crippen LogP contribution in [0.15, 0.2) is 36.4 Å². The summed E-state index contributed by atoms with van der Waals surface area (Å²) in [6.45, 7) is 4.15. The molecule has 4 heterocycles. The fourth-order valence-corrected chi connectivity index (χ4v) is 4.67. The number of piperidine rings is 1. The van der Waals surface area contributed by atoms with Gasteiger partial charge in [0.05, 0.1) is 35.8 Å². The van der Waals surface area contributed by atoms with Crippen molar-refractivity contribution in [1.29, 1.82) is 0 Å². The Hall–Kier alpha value is -2.48. The monoisotopic (exact) mass is 440 g/mol. The molecule has 0 saturated carbocycles. The first-order valence-corrected chi connectivity index (χ1v) is 11.1. The van der Waals surface area contributed by atoms with E-state index in [9.17, 15) is 9.90 Å². The van der Waals surface area contributed by atoms with Crippen LogP contribution in [0.1, 0.15) is 47.1 Å². The Morgan fingerprint density at radius 1 is 1.16 bits per heavy atom. The molecule has 162 valence electrons. The van der Waals surface area contributed by atoms with Gasteiger partial charge in [0, 0.05) is 18.2 Å². The third-order valence-electron chi connectivity index (χ3n) is 6.36.